The van der Waals surface area contributed by atoms with Gasteiger partial charge in [0, 0.05) is 18.7 Å². The second-order valence-corrected chi connectivity index (χ2v) is 7.02. The molecule has 0 saturated carbocycles. The lowest BCUT2D eigenvalue weighted by Gasteiger charge is -2.25. The normalized spacial score (nSPS) is 17.7. The zero-order valence-electron chi connectivity index (χ0n) is 13.1. The van der Waals surface area contributed by atoms with Crippen LogP contribution in [0, 0.1) is 5.92 Å². The molecule has 0 spiro atoms. The van der Waals surface area contributed by atoms with Crippen LogP contribution < -0.4 is 10.1 Å². The molecule has 4 nitrogen and oxygen atoms in total. The first-order valence-electron chi connectivity index (χ1n) is 7.78. The van der Waals surface area contributed by atoms with Crippen LogP contribution in [0.15, 0.2) is 53.7 Å². The maximum absolute atomic E-state index is 12.2. The summed E-state index contributed by atoms with van der Waals surface area (Å²) in [6.45, 7) is 3.20. The number of carbonyl (C=O) groups is 1. The van der Waals surface area contributed by atoms with Gasteiger partial charge in [0.2, 0.25) is 5.91 Å². The molecule has 1 N–H and O–H groups in total. The fourth-order valence-corrected chi connectivity index (χ4v) is 3.39. The molecule has 2 atom stereocenters. The number of carbonyl (C=O) groups excluding carboxylic acids is 1. The highest BCUT2D eigenvalue weighted by Gasteiger charge is 2.21. The van der Waals surface area contributed by atoms with E-state index in [4.69, 9.17) is 4.74 Å². The van der Waals surface area contributed by atoms with Crippen molar-refractivity contribution in [2.45, 2.75) is 23.6 Å². The number of nitrogens with one attached hydrogen (secondary N) is 1. The summed E-state index contributed by atoms with van der Waals surface area (Å²) in [5.41, 5.74) is 1.22. The molecule has 1 aliphatic rings. The molecule has 2 aromatic rings. The molecular weight excluding hydrogens is 308 g/mol. The number of pyridine rings is 1. The van der Waals surface area contributed by atoms with Crippen molar-refractivity contribution >= 4 is 17.7 Å². The Morgan fingerprint density at radius 2 is 2.17 bits per heavy atom. The van der Waals surface area contributed by atoms with Crippen LogP contribution in [0.25, 0.3) is 0 Å². The summed E-state index contributed by atoms with van der Waals surface area (Å²) < 4.78 is 5.76. The van der Waals surface area contributed by atoms with Crippen molar-refractivity contribution in [1.29, 1.82) is 0 Å². The molecule has 2 heterocycles. The van der Waals surface area contributed by atoms with Gasteiger partial charge in [0.15, 0.2) is 0 Å². The minimum Gasteiger partial charge on any atom is -0.493 e. The van der Waals surface area contributed by atoms with Crippen molar-refractivity contribution in [1.82, 2.24) is 10.3 Å². The maximum atomic E-state index is 12.2. The first-order valence-corrected chi connectivity index (χ1v) is 8.66. The van der Waals surface area contributed by atoms with Crippen molar-refractivity contribution < 1.29 is 9.53 Å². The van der Waals surface area contributed by atoms with E-state index in [0.717, 1.165) is 17.2 Å². The zero-order chi connectivity index (χ0) is 16.1. The van der Waals surface area contributed by atoms with E-state index in [1.807, 2.05) is 43.3 Å². The van der Waals surface area contributed by atoms with Crippen molar-refractivity contribution in [2.24, 2.45) is 5.92 Å². The van der Waals surface area contributed by atoms with Crippen LogP contribution in [0.1, 0.15) is 12.5 Å². The number of ether oxygens (including phenoxy) is 1. The Balaban J connectivity index is 1.48. The van der Waals surface area contributed by atoms with Gasteiger partial charge in [-0.1, -0.05) is 36.0 Å². The average Bonchev–Trinajstić information content (AvgIpc) is 2.60. The van der Waals surface area contributed by atoms with Crippen LogP contribution in [0.3, 0.4) is 0 Å². The Morgan fingerprint density at radius 3 is 3.00 bits per heavy atom. The molecule has 1 aromatic heterocycles. The Morgan fingerprint density at radius 1 is 1.35 bits per heavy atom. The van der Waals surface area contributed by atoms with Gasteiger partial charge >= 0.3 is 0 Å². The lowest BCUT2D eigenvalue weighted by Crippen LogP contribution is -2.38. The third kappa shape index (κ3) is 4.26. The molecule has 3 rings (SSSR count). The van der Waals surface area contributed by atoms with Crippen molar-refractivity contribution in [3.63, 3.8) is 0 Å². The van der Waals surface area contributed by atoms with Crippen molar-refractivity contribution in [2.75, 3.05) is 13.2 Å². The van der Waals surface area contributed by atoms with Gasteiger partial charge in [-0.05, 0) is 37.1 Å². The summed E-state index contributed by atoms with van der Waals surface area (Å²) in [4.78, 5) is 16.5. The number of rotatable bonds is 5. The maximum Gasteiger partial charge on any atom is 0.233 e. The molecule has 0 fully saturated rings. The third-order valence-corrected chi connectivity index (χ3v) is 4.88. The molecule has 1 aromatic carbocycles. The Kier molecular flexibility index (Phi) is 5.18. The van der Waals surface area contributed by atoms with Crippen LogP contribution in [0.4, 0.5) is 0 Å². The second kappa shape index (κ2) is 7.51. The lowest BCUT2D eigenvalue weighted by atomic mass is 9.97. The summed E-state index contributed by atoms with van der Waals surface area (Å²) in [7, 11) is 0. The molecule has 23 heavy (non-hydrogen) atoms. The summed E-state index contributed by atoms with van der Waals surface area (Å²) in [6, 6.07) is 13.8. The van der Waals surface area contributed by atoms with E-state index >= 15 is 0 Å². The third-order valence-electron chi connectivity index (χ3n) is 3.83. The van der Waals surface area contributed by atoms with Crippen LogP contribution in [-0.4, -0.2) is 29.3 Å². The number of hydrogen-bond donors (Lipinski definition) is 1. The van der Waals surface area contributed by atoms with E-state index in [-0.39, 0.29) is 11.2 Å². The van der Waals surface area contributed by atoms with Gasteiger partial charge in [-0.15, -0.1) is 0 Å². The number of hydrogen-bond acceptors (Lipinski definition) is 4. The first kappa shape index (κ1) is 15.9. The fourth-order valence-electron chi connectivity index (χ4n) is 2.56. The number of amides is 1. The van der Waals surface area contributed by atoms with Gasteiger partial charge in [-0.3, -0.25) is 4.79 Å². The number of para-hydroxylation sites is 1. The van der Waals surface area contributed by atoms with E-state index in [9.17, 15) is 4.79 Å². The smallest absolute Gasteiger partial charge is 0.233 e. The topological polar surface area (TPSA) is 51.2 Å². The van der Waals surface area contributed by atoms with Crippen LogP contribution in [0.5, 0.6) is 5.75 Å². The van der Waals surface area contributed by atoms with Crippen molar-refractivity contribution in [3.8, 4) is 5.75 Å². The Hall–Kier alpha value is -2.01. The van der Waals surface area contributed by atoms with E-state index in [1.165, 1.54) is 17.3 Å². The van der Waals surface area contributed by atoms with Gasteiger partial charge in [0.1, 0.15) is 5.75 Å². The molecular formula is C18H20N2O2S. The minimum absolute atomic E-state index is 0.0412. The highest BCUT2D eigenvalue weighted by Crippen LogP contribution is 2.26. The number of nitrogens with zero attached hydrogens (tertiary/aromatic N) is 1. The van der Waals surface area contributed by atoms with Crippen LogP contribution >= 0.6 is 11.8 Å². The summed E-state index contributed by atoms with van der Waals surface area (Å²) >= 11 is 1.47. The predicted octanol–water partition coefficient (Wildman–Crippen LogP) is 2.93. The molecule has 120 valence electrons. The fraction of sp³-hybridized carbons (Fsp3) is 0.333. The number of benzene rings is 1. The molecule has 1 aliphatic heterocycles. The number of thioether (sulfide) groups is 1. The molecule has 1 amide bonds. The summed E-state index contributed by atoms with van der Waals surface area (Å²) in [5.74, 6) is 1.33. The van der Waals surface area contributed by atoms with Gasteiger partial charge in [0.05, 0.1) is 16.9 Å². The molecule has 0 bridgehead atoms. The number of aromatic nitrogens is 1. The average molecular weight is 328 g/mol. The van der Waals surface area contributed by atoms with E-state index in [0.29, 0.717) is 19.1 Å². The largest absolute Gasteiger partial charge is 0.493 e. The quantitative estimate of drug-likeness (QED) is 0.858. The highest BCUT2D eigenvalue weighted by atomic mass is 32.2. The first-order chi connectivity index (χ1) is 11.2. The second-order valence-electron chi connectivity index (χ2n) is 5.66. The van der Waals surface area contributed by atoms with Gasteiger partial charge in [-0.25, -0.2) is 4.98 Å². The molecule has 0 radical (unpaired) electrons. The van der Waals surface area contributed by atoms with Crippen molar-refractivity contribution in [3.05, 3.63) is 54.2 Å². The summed E-state index contributed by atoms with van der Waals surface area (Å²) in [5, 5.41) is 3.74. The molecule has 0 saturated heterocycles. The van der Waals surface area contributed by atoms with Gasteiger partial charge < -0.3 is 10.1 Å². The Bertz CT molecular complexity index is 663. The van der Waals surface area contributed by atoms with Crippen LogP contribution in [-0.2, 0) is 11.2 Å². The monoisotopic (exact) mass is 328 g/mol. The molecule has 0 aliphatic carbocycles. The SMILES string of the molecule is C[C@@H](Sc1ccccn1)C(=O)NC[C@@H]1COc2ccccc2C1. The lowest BCUT2D eigenvalue weighted by molar-refractivity contribution is -0.120. The van der Waals surface area contributed by atoms with E-state index in [1.54, 1.807) is 6.20 Å². The van der Waals surface area contributed by atoms with Gasteiger partial charge in [0.25, 0.3) is 0 Å². The zero-order valence-corrected chi connectivity index (χ0v) is 13.9. The van der Waals surface area contributed by atoms with E-state index in [2.05, 4.69) is 16.4 Å². The standard InChI is InChI=1S/C18H20N2O2S/c1-13(23-17-8-4-5-9-19-17)18(21)20-11-14-10-15-6-2-3-7-16(15)22-12-14/h2-9,13-14H,10-12H2,1H3,(H,20,21)/t13-,14-/m1/s1. The van der Waals surface area contributed by atoms with Crippen LogP contribution in [0.2, 0.25) is 0 Å². The van der Waals surface area contributed by atoms with E-state index < -0.39 is 0 Å². The Labute approximate surface area is 140 Å². The highest BCUT2D eigenvalue weighted by molar-refractivity contribution is 8.00. The number of fused-ring (bicyclic) bond motifs is 1. The minimum atomic E-state index is -0.165. The molecule has 5 heteroatoms. The summed E-state index contributed by atoms with van der Waals surface area (Å²) in [6.07, 6.45) is 2.68. The molecule has 0 unspecified atom stereocenters. The predicted molar refractivity (Wildman–Crippen MR) is 91.7 cm³/mol. The van der Waals surface area contributed by atoms with Gasteiger partial charge in [-0.2, -0.15) is 0 Å².